The fraction of sp³-hybridized carbons (Fsp3) is 0.833. The lowest BCUT2D eigenvalue weighted by atomic mass is 9.87. The monoisotopic (exact) mass is 192 g/mol. The van der Waals surface area contributed by atoms with Crippen molar-refractivity contribution in [2.45, 2.75) is 44.2 Å². The van der Waals surface area contributed by atoms with Crippen molar-refractivity contribution >= 4 is 0 Å². The molecular weight excluding hydrogens is 172 g/mol. The van der Waals surface area contributed by atoms with E-state index in [1.54, 1.807) is 0 Å². The van der Waals surface area contributed by atoms with E-state index in [0.29, 0.717) is 0 Å². The smallest absolute Gasteiger partial charge is 0.0250 e. The second-order valence-corrected chi connectivity index (χ2v) is 4.40. The average Bonchev–Trinajstić information content (AvgIpc) is 2.26. The van der Waals surface area contributed by atoms with Crippen LogP contribution in [0, 0.1) is 12.3 Å². The highest BCUT2D eigenvalue weighted by molar-refractivity contribution is 4.94. The third kappa shape index (κ3) is 2.10. The Hall–Kier alpha value is -0.520. The summed E-state index contributed by atoms with van der Waals surface area (Å²) in [5.41, 5.74) is 0. The molecule has 2 atom stereocenters. The molecule has 0 bridgehead atoms. The van der Waals surface area contributed by atoms with Crippen molar-refractivity contribution in [3.63, 3.8) is 0 Å². The second kappa shape index (κ2) is 4.82. The van der Waals surface area contributed by atoms with Gasteiger partial charge < -0.3 is 5.32 Å². The van der Waals surface area contributed by atoms with Gasteiger partial charge in [0, 0.05) is 38.1 Å². The van der Waals surface area contributed by atoms with E-state index in [1.807, 2.05) is 0 Å². The van der Waals surface area contributed by atoms with E-state index in [2.05, 4.69) is 16.1 Å². The van der Waals surface area contributed by atoms with E-state index in [4.69, 9.17) is 6.42 Å². The van der Waals surface area contributed by atoms with Gasteiger partial charge in [0.15, 0.2) is 0 Å². The number of rotatable bonds is 2. The van der Waals surface area contributed by atoms with Crippen molar-refractivity contribution < 1.29 is 0 Å². The van der Waals surface area contributed by atoms with Crippen LogP contribution < -0.4 is 5.32 Å². The van der Waals surface area contributed by atoms with Gasteiger partial charge in [-0.15, -0.1) is 12.3 Å². The molecular formula is C12H20N2. The normalized spacial score (nSPS) is 33.4. The maximum Gasteiger partial charge on any atom is 0.0250 e. The van der Waals surface area contributed by atoms with Crippen LogP contribution in [-0.2, 0) is 0 Å². The van der Waals surface area contributed by atoms with Crippen LogP contribution in [0.25, 0.3) is 0 Å². The van der Waals surface area contributed by atoms with Crippen LogP contribution in [0.15, 0.2) is 0 Å². The molecule has 0 aromatic heterocycles. The zero-order valence-corrected chi connectivity index (χ0v) is 8.84. The van der Waals surface area contributed by atoms with E-state index < -0.39 is 0 Å². The van der Waals surface area contributed by atoms with Crippen LogP contribution in [0.5, 0.6) is 0 Å². The number of nitrogens with zero attached hydrogens (tertiary/aromatic N) is 1. The first-order chi connectivity index (χ1) is 6.92. The molecule has 14 heavy (non-hydrogen) atoms. The van der Waals surface area contributed by atoms with Crippen molar-refractivity contribution in [3.05, 3.63) is 0 Å². The van der Waals surface area contributed by atoms with Gasteiger partial charge in [-0.25, -0.2) is 0 Å². The van der Waals surface area contributed by atoms with Gasteiger partial charge in [0.25, 0.3) is 0 Å². The molecule has 1 saturated heterocycles. The highest BCUT2D eigenvalue weighted by Gasteiger charge is 2.32. The SMILES string of the molecule is C#CCCN1CCNC2CCCCC21. The minimum atomic E-state index is 0.746. The summed E-state index contributed by atoms with van der Waals surface area (Å²) in [4.78, 5) is 2.60. The zero-order valence-electron chi connectivity index (χ0n) is 8.84. The molecule has 1 saturated carbocycles. The maximum atomic E-state index is 5.32. The van der Waals surface area contributed by atoms with Crippen LogP contribution in [-0.4, -0.2) is 36.6 Å². The van der Waals surface area contributed by atoms with Crippen LogP contribution in [0.2, 0.25) is 0 Å². The Kier molecular flexibility index (Phi) is 3.44. The molecule has 2 heteroatoms. The van der Waals surface area contributed by atoms with Crippen LogP contribution in [0.3, 0.4) is 0 Å². The van der Waals surface area contributed by atoms with Gasteiger partial charge in [0.1, 0.15) is 0 Å². The highest BCUT2D eigenvalue weighted by Crippen LogP contribution is 2.25. The first-order valence-corrected chi connectivity index (χ1v) is 5.82. The number of piperazine rings is 1. The predicted octanol–water partition coefficient (Wildman–Crippen LogP) is 1.23. The fourth-order valence-electron chi connectivity index (χ4n) is 2.83. The Bertz CT molecular complexity index is 217. The molecule has 0 aromatic carbocycles. The molecule has 2 aliphatic rings. The van der Waals surface area contributed by atoms with E-state index in [-0.39, 0.29) is 0 Å². The fourth-order valence-corrected chi connectivity index (χ4v) is 2.83. The van der Waals surface area contributed by atoms with Gasteiger partial charge in [-0.1, -0.05) is 12.8 Å². The Morgan fingerprint density at radius 1 is 1.36 bits per heavy atom. The van der Waals surface area contributed by atoms with Gasteiger partial charge in [-0.05, 0) is 12.8 Å². The van der Waals surface area contributed by atoms with Crippen LogP contribution >= 0.6 is 0 Å². The first-order valence-electron chi connectivity index (χ1n) is 5.82. The number of hydrogen-bond donors (Lipinski definition) is 1. The van der Waals surface area contributed by atoms with Crippen molar-refractivity contribution in [2.75, 3.05) is 19.6 Å². The Balaban J connectivity index is 1.91. The largest absolute Gasteiger partial charge is 0.311 e. The molecule has 0 aromatic rings. The summed E-state index contributed by atoms with van der Waals surface area (Å²) in [6.07, 6.45) is 11.7. The molecule has 1 N–H and O–H groups in total. The van der Waals surface area contributed by atoms with Gasteiger partial charge >= 0.3 is 0 Å². The molecule has 2 fully saturated rings. The summed E-state index contributed by atoms with van der Waals surface area (Å²) in [6.45, 7) is 3.42. The van der Waals surface area contributed by atoms with E-state index in [9.17, 15) is 0 Å². The second-order valence-electron chi connectivity index (χ2n) is 4.40. The molecule has 2 nitrogen and oxygen atoms in total. The Morgan fingerprint density at radius 3 is 3.07 bits per heavy atom. The van der Waals surface area contributed by atoms with Gasteiger partial charge in [-0.2, -0.15) is 0 Å². The lowest BCUT2D eigenvalue weighted by Crippen LogP contribution is -2.59. The molecule has 0 spiro atoms. The lowest BCUT2D eigenvalue weighted by molar-refractivity contribution is 0.0904. The van der Waals surface area contributed by atoms with E-state index >= 15 is 0 Å². The number of hydrogen-bond acceptors (Lipinski definition) is 2. The Labute approximate surface area is 87.1 Å². The van der Waals surface area contributed by atoms with Crippen molar-refractivity contribution in [1.29, 1.82) is 0 Å². The highest BCUT2D eigenvalue weighted by atomic mass is 15.2. The summed E-state index contributed by atoms with van der Waals surface area (Å²) >= 11 is 0. The van der Waals surface area contributed by atoms with Crippen molar-refractivity contribution in [3.8, 4) is 12.3 Å². The summed E-state index contributed by atoms with van der Waals surface area (Å²) < 4.78 is 0. The minimum absolute atomic E-state index is 0.746. The molecule has 78 valence electrons. The average molecular weight is 192 g/mol. The number of terminal acetylenes is 1. The molecule has 0 amide bonds. The van der Waals surface area contributed by atoms with E-state index in [0.717, 1.165) is 31.6 Å². The molecule has 1 aliphatic heterocycles. The molecule has 0 radical (unpaired) electrons. The quantitative estimate of drug-likeness (QED) is 0.662. The van der Waals surface area contributed by atoms with Gasteiger partial charge in [0.2, 0.25) is 0 Å². The molecule has 2 unspecified atom stereocenters. The number of fused-ring (bicyclic) bond motifs is 1. The first kappa shape index (κ1) is 10.0. The van der Waals surface area contributed by atoms with Crippen LogP contribution in [0.4, 0.5) is 0 Å². The molecule has 1 heterocycles. The summed E-state index contributed by atoms with van der Waals surface area (Å²) in [7, 11) is 0. The van der Waals surface area contributed by atoms with Gasteiger partial charge in [-0.3, -0.25) is 4.90 Å². The standard InChI is InChI=1S/C12H20N2/c1-2-3-9-14-10-8-13-11-6-4-5-7-12(11)14/h1,11-13H,3-10H2. The summed E-state index contributed by atoms with van der Waals surface area (Å²) in [6, 6.07) is 1.51. The predicted molar refractivity (Wildman–Crippen MR) is 59.1 cm³/mol. The van der Waals surface area contributed by atoms with Crippen LogP contribution in [0.1, 0.15) is 32.1 Å². The zero-order chi connectivity index (χ0) is 9.80. The van der Waals surface area contributed by atoms with Gasteiger partial charge in [0.05, 0.1) is 0 Å². The topological polar surface area (TPSA) is 15.3 Å². The third-order valence-corrected chi connectivity index (χ3v) is 3.55. The summed E-state index contributed by atoms with van der Waals surface area (Å²) in [5, 5.41) is 3.63. The third-order valence-electron chi connectivity index (χ3n) is 3.55. The lowest BCUT2D eigenvalue weighted by Gasteiger charge is -2.44. The molecule has 1 aliphatic carbocycles. The van der Waals surface area contributed by atoms with Crippen molar-refractivity contribution in [1.82, 2.24) is 10.2 Å². The maximum absolute atomic E-state index is 5.32. The Morgan fingerprint density at radius 2 is 2.21 bits per heavy atom. The molecule has 2 rings (SSSR count). The van der Waals surface area contributed by atoms with Crippen molar-refractivity contribution in [2.24, 2.45) is 0 Å². The summed E-state index contributed by atoms with van der Waals surface area (Å²) in [5.74, 6) is 2.75. The minimum Gasteiger partial charge on any atom is -0.311 e. The number of nitrogens with one attached hydrogen (secondary N) is 1. The van der Waals surface area contributed by atoms with E-state index in [1.165, 1.54) is 32.2 Å².